The predicted molar refractivity (Wildman–Crippen MR) is 148 cm³/mol. The Kier molecular flexibility index (Phi) is 10.2. The van der Waals surface area contributed by atoms with Crippen molar-refractivity contribution in [1.82, 2.24) is 14.1 Å². The normalized spacial score (nSPS) is 14.8. The fourth-order valence-electron chi connectivity index (χ4n) is 4.60. The number of hydrogen-bond donors (Lipinski definition) is 0. The van der Waals surface area contributed by atoms with Crippen molar-refractivity contribution in [3.63, 3.8) is 0 Å². The van der Waals surface area contributed by atoms with Gasteiger partial charge in [-0.25, -0.2) is 8.42 Å². The average molecular weight is 548 g/mol. The van der Waals surface area contributed by atoms with Gasteiger partial charge in [-0.15, -0.1) is 0 Å². The Morgan fingerprint density at radius 3 is 2.24 bits per heavy atom. The van der Waals surface area contributed by atoms with Crippen LogP contribution in [0.5, 0.6) is 0 Å². The van der Waals surface area contributed by atoms with Gasteiger partial charge in [-0.2, -0.15) is 4.31 Å². The zero-order chi connectivity index (χ0) is 27.2. The van der Waals surface area contributed by atoms with Crippen molar-refractivity contribution < 1.29 is 18.0 Å². The summed E-state index contributed by atoms with van der Waals surface area (Å²) >= 11 is 6.24. The fourth-order valence-corrected chi connectivity index (χ4v) is 6.02. The Hall–Kier alpha value is -2.42. The summed E-state index contributed by atoms with van der Waals surface area (Å²) in [6, 6.07) is 14.9. The van der Waals surface area contributed by atoms with Crippen LogP contribution in [0.2, 0.25) is 5.02 Å². The number of rotatable bonds is 10. The van der Waals surface area contributed by atoms with Gasteiger partial charge in [0.25, 0.3) is 5.91 Å². The van der Waals surface area contributed by atoms with Gasteiger partial charge in [-0.1, -0.05) is 67.4 Å². The quantitative estimate of drug-likeness (QED) is 0.436. The molecule has 7 nitrogen and oxygen atoms in total. The highest BCUT2D eigenvalue weighted by Crippen LogP contribution is 2.24. The van der Waals surface area contributed by atoms with Crippen LogP contribution in [0.3, 0.4) is 0 Å². The van der Waals surface area contributed by atoms with Gasteiger partial charge in [0.05, 0.1) is 22.9 Å². The lowest BCUT2D eigenvalue weighted by molar-refractivity contribution is -0.135. The van der Waals surface area contributed by atoms with Crippen molar-refractivity contribution in [2.24, 2.45) is 5.92 Å². The molecule has 202 valence electrons. The van der Waals surface area contributed by atoms with Crippen LogP contribution in [0.1, 0.15) is 55.1 Å². The Bertz CT molecular complexity index is 1180. The molecule has 1 aliphatic heterocycles. The largest absolute Gasteiger partial charge is 0.338 e. The third-order valence-corrected chi connectivity index (χ3v) is 8.85. The van der Waals surface area contributed by atoms with Crippen LogP contribution >= 0.6 is 11.6 Å². The van der Waals surface area contributed by atoms with E-state index in [1.807, 2.05) is 45.0 Å². The van der Waals surface area contributed by atoms with Gasteiger partial charge in [0.1, 0.15) is 0 Å². The lowest BCUT2D eigenvalue weighted by Crippen LogP contribution is -2.51. The van der Waals surface area contributed by atoms with Crippen molar-refractivity contribution in [2.75, 3.05) is 31.9 Å². The van der Waals surface area contributed by atoms with Crippen molar-refractivity contribution in [1.29, 1.82) is 0 Å². The molecule has 0 saturated carbocycles. The smallest absolute Gasteiger partial charge is 0.255 e. The number of carbonyl (C=O) groups excluding carboxylic acids is 2. The zero-order valence-corrected chi connectivity index (χ0v) is 23.8. The fraction of sp³-hybridized carbons (Fsp3) is 0.500. The first-order valence-electron chi connectivity index (χ1n) is 12.9. The molecule has 0 bridgehead atoms. The van der Waals surface area contributed by atoms with Gasteiger partial charge in [0.15, 0.2) is 0 Å². The number of benzene rings is 2. The summed E-state index contributed by atoms with van der Waals surface area (Å²) in [5.41, 5.74) is 2.59. The molecule has 2 aromatic carbocycles. The summed E-state index contributed by atoms with van der Waals surface area (Å²) in [5, 5.41) is 0.424. The predicted octanol–water partition coefficient (Wildman–Crippen LogP) is 4.59. The van der Waals surface area contributed by atoms with Crippen LogP contribution in [0, 0.1) is 12.8 Å². The number of aryl methyl sites for hydroxylation is 1. The minimum absolute atomic E-state index is 0.0481. The van der Waals surface area contributed by atoms with E-state index in [1.165, 1.54) is 4.31 Å². The van der Waals surface area contributed by atoms with Crippen LogP contribution < -0.4 is 0 Å². The number of halogens is 1. The molecule has 0 aliphatic carbocycles. The summed E-state index contributed by atoms with van der Waals surface area (Å²) in [7, 11) is -3.53. The minimum Gasteiger partial charge on any atom is -0.338 e. The SMILES string of the molecule is CCS(=O)(=O)N(CC(=O)N(Cc1ccc(C)cc1)C1CCN(C(=O)c2ccccc2Cl)CC1)CC(C)C. The first-order chi connectivity index (χ1) is 17.5. The molecule has 1 saturated heterocycles. The Morgan fingerprint density at radius 2 is 1.68 bits per heavy atom. The van der Waals surface area contributed by atoms with Crippen LogP contribution in [-0.4, -0.2) is 72.3 Å². The van der Waals surface area contributed by atoms with E-state index in [1.54, 1.807) is 41.0 Å². The van der Waals surface area contributed by atoms with Gasteiger partial charge >= 0.3 is 0 Å². The van der Waals surface area contributed by atoms with Crippen molar-refractivity contribution >= 4 is 33.4 Å². The van der Waals surface area contributed by atoms with E-state index in [4.69, 9.17) is 11.6 Å². The third kappa shape index (κ3) is 7.79. The molecule has 2 aromatic rings. The van der Waals surface area contributed by atoms with Gasteiger partial charge in [0, 0.05) is 32.2 Å². The van der Waals surface area contributed by atoms with E-state index in [9.17, 15) is 18.0 Å². The molecular formula is C28H38ClN3O4S. The Morgan fingerprint density at radius 1 is 1.05 bits per heavy atom. The number of sulfonamides is 1. The van der Waals surface area contributed by atoms with Crippen molar-refractivity contribution in [3.05, 3.63) is 70.2 Å². The molecule has 3 rings (SSSR count). The van der Waals surface area contributed by atoms with Gasteiger partial charge in [-0.05, 0) is 50.3 Å². The highest BCUT2D eigenvalue weighted by Gasteiger charge is 2.33. The molecule has 2 amide bonds. The van der Waals surface area contributed by atoms with Gasteiger partial charge < -0.3 is 9.80 Å². The molecular weight excluding hydrogens is 510 g/mol. The number of likely N-dealkylation sites (tertiary alicyclic amines) is 1. The molecule has 1 fully saturated rings. The van der Waals surface area contributed by atoms with E-state index < -0.39 is 10.0 Å². The molecule has 0 atom stereocenters. The highest BCUT2D eigenvalue weighted by molar-refractivity contribution is 7.89. The maximum absolute atomic E-state index is 13.7. The summed E-state index contributed by atoms with van der Waals surface area (Å²) in [4.78, 5) is 30.3. The van der Waals surface area contributed by atoms with Gasteiger partial charge in [-0.3, -0.25) is 9.59 Å². The molecule has 1 aliphatic rings. The van der Waals surface area contributed by atoms with Gasteiger partial charge in [0.2, 0.25) is 15.9 Å². The Balaban J connectivity index is 1.79. The van der Waals surface area contributed by atoms with Crippen molar-refractivity contribution in [3.8, 4) is 0 Å². The molecule has 37 heavy (non-hydrogen) atoms. The Labute approximate surface area is 226 Å². The maximum atomic E-state index is 13.7. The highest BCUT2D eigenvalue weighted by atomic mass is 35.5. The molecule has 1 heterocycles. The number of piperidine rings is 1. The summed E-state index contributed by atoms with van der Waals surface area (Å²) in [6.45, 7) is 9.00. The molecule has 0 unspecified atom stereocenters. The second kappa shape index (κ2) is 12.9. The van der Waals surface area contributed by atoms with Crippen molar-refractivity contribution in [2.45, 2.75) is 53.1 Å². The topological polar surface area (TPSA) is 78.0 Å². The zero-order valence-electron chi connectivity index (χ0n) is 22.2. The maximum Gasteiger partial charge on any atom is 0.255 e. The number of amides is 2. The van der Waals surface area contributed by atoms with Crippen LogP contribution in [-0.2, 0) is 21.4 Å². The minimum atomic E-state index is -3.53. The second-order valence-corrected chi connectivity index (χ2v) is 12.8. The van der Waals surface area contributed by atoms with E-state index >= 15 is 0 Å². The first-order valence-corrected chi connectivity index (χ1v) is 14.9. The molecule has 9 heteroatoms. The van der Waals surface area contributed by atoms with E-state index in [-0.39, 0.29) is 36.1 Å². The first kappa shape index (κ1) is 29.1. The summed E-state index contributed by atoms with van der Waals surface area (Å²) in [5.74, 6) is -0.279. The molecule has 0 spiro atoms. The molecule has 0 N–H and O–H groups in total. The van der Waals surface area contributed by atoms with Crippen LogP contribution in [0.25, 0.3) is 0 Å². The number of hydrogen-bond acceptors (Lipinski definition) is 4. The molecule has 0 aromatic heterocycles. The van der Waals surface area contributed by atoms with Crippen LogP contribution in [0.4, 0.5) is 0 Å². The number of carbonyl (C=O) groups is 2. The lowest BCUT2D eigenvalue weighted by atomic mass is 10.0. The third-order valence-electron chi connectivity index (χ3n) is 6.73. The monoisotopic (exact) mass is 547 g/mol. The average Bonchev–Trinajstić information content (AvgIpc) is 2.87. The van der Waals surface area contributed by atoms with E-state index in [0.29, 0.717) is 49.6 Å². The van der Waals surface area contributed by atoms with E-state index in [0.717, 1.165) is 11.1 Å². The number of nitrogens with zero attached hydrogens (tertiary/aromatic N) is 3. The molecule has 0 radical (unpaired) electrons. The summed E-state index contributed by atoms with van der Waals surface area (Å²) < 4.78 is 26.8. The second-order valence-electron chi connectivity index (χ2n) is 10.1. The van der Waals surface area contributed by atoms with E-state index in [2.05, 4.69) is 0 Å². The van der Waals surface area contributed by atoms with Crippen LogP contribution in [0.15, 0.2) is 48.5 Å². The summed E-state index contributed by atoms with van der Waals surface area (Å²) in [6.07, 6.45) is 1.22. The standard InChI is InChI=1S/C28H38ClN3O4S/c1-5-37(35,36)31(18-21(2)3)20-27(33)32(19-23-12-10-22(4)11-13-23)24-14-16-30(17-15-24)28(34)25-8-6-7-9-26(25)29/h6-13,21,24H,5,14-20H2,1-4H3. The lowest BCUT2D eigenvalue weighted by Gasteiger charge is -2.39.